The van der Waals surface area contributed by atoms with Gasteiger partial charge < -0.3 is 19.7 Å². The van der Waals surface area contributed by atoms with E-state index in [0.29, 0.717) is 26.0 Å². The Labute approximate surface area is 136 Å². The molecule has 2 atom stereocenters. The van der Waals surface area contributed by atoms with Crippen LogP contribution in [-0.4, -0.2) is 51.1 Å². The lowest BCUT2D eigenvalue weighted by Crippen LogP contribution is -2.46. The molecule has 1 aromatic carbocycles. The fraction of sp³-hybridized carbons (Fsp3) is 0.529. The Morgan fingerprint density at radius 2 is 2.00 bits per heavy atom. The van der Waals surface area contributed by atoms with Gasteiger partial charge in [-0.2, -0.15) is 0 Å². The molecular weight excluding hydrogens is 296 g/mol. The summed E-state index contributed by atoms with van der Waals surface area (Å²) in [4.78, 5) is 26.3. The van der Waals surface area contributed by atoms with E-state index in [1.54, 1.807) is 26.2 Å². The fourth-order valence-corrected chi connectivity index (χ4v) is 2.98. The van der Waals surface area contributed by atoms with Gasteiger partial charge in [-0.3, -0.25) is 9.59 Å². The summed E-state index contributed by atoms with van der Waals surface area (Å²) in [6, 6.07) is 7.26. The van der Waals surface area contributed by atoms with Crippen molar-refractivity contribution in [2.45, 2.75) is 18.9 Å². The minimum Gasteiger partial charge on any atom is -0.497 e. The Morgan fingerprint density at radius 3 is 2.61 bits per heavy atom. The molecule has 1 aliphatic heterocycles. The first kappa shape index (κ1) is 17.3. The van der Waals surface area contributed by atoms with E-state index < -0.39 is 0 Å². The van der Waals surface area contributed by atoms with Gasteiger partial charge in [0.05, 0.1) is 25.7 Å². The lowest BCUT2D eigenvalue weighted by Gasteiger charge is -2.38. The van der Waals surface area contributed by atoms with E-state index in [2.05, 4.69) is 5.32 Å². The van der Waals surface area contributed by atoms with E-state index in [4.69, 9.17) is 9.47 Å². The molecule has 1 heterocycles. The average molecular weight is 320 g/mol. The van der Waals surface area contributed by atoms with Crippen molar-refractivity contribution in [1.82, 2.24) is 10.2 Å². The fourth-order valence-electron chi connectivity index (χ4n) is 2.98. The van der Waals surface area contributed by atoms with Crippen LogP contribution in [0.25, 0.3) is 0 Å². The topological polar surface area (TPSA) is 67.9 Å². The van der Waals surface area contributed by atoms with Crippen molar-refractivity contribution >= 4 is 11.8 Å². The van der Waals surface area contributed by atoms with Crippen LogP contribution < -0.4 is 10.1 Å². The van der Waals surface area contributed by atoms with E-state index in [1.165, 1.54) is 0 Å². The van der Waals surface area contributed by atoms with Crippen molar-refractivity contribution in [3.05, 3.63) is 29.8 Å². The minimum absolute atomic E-state index is 0.0396. The number of rotatable bonds is 6. The highest BCUT2D eigenvalue weighted by molar-refractivity contribution is 5.84. The molecule has 0 aromatic heterocycles. The van der Waals surface area contributed by atoms with Crippen LogP contribution >= 0.6 is 0 Å². The molecule has 0 aliphatic carbocycles. The van der Waals surface area contributed by atoms with Crippen LogP contribution in [0.4, 0.5) is 0 Å². The number of benzene rings is 1. The molecule has 1 aromatic rings. The van der Waals surface area contributed by atoms with Gasteiger partial charge in [-0.1, -0.05) is 12.1 Å². The third kappa shape index (κ3) is 4.01. The quantitative estimate of drug-likeness (QED) is 0.804. The second-order valence-corrected chi connectivity index (χ2v) is 5.65. The van der Waals surface area contributed by atoms with Crippen molar-refractivity contribution in [2.24, 2.45) is 5.92 Å². The summed E-state index contributed by atoms with van der Waals surface area (Å²) in [6.07, 6.45) is 0.949. The number of nitrogens with zero attached hydrogens (tertiary/aromatic N) is 1. The maximum Gasteiger partial charge on any atom is 0.225 e. The molecule has 1 saturated heterocycles. The first-order valence-electron chi connectivity index (χ1n) is 7.74. The van der Waals surface area contributed by atoms with E-state index in [0.717, 1.165) is 11.3 Å². The number of amides is 2. The monoisotopic (exact) mass is 320 g/mol. The maximum absolute atomic E-state index is 12.5. The van der Waals surface area contributed by atoms with Crippen LogP contribution in [0.3, 0.4) is 0 Å². The Balaban J connectivity index is 2.20. The number of ether oxygens (including phenoxy) is 2. The van der Waals surface area contributed by atoms with Gasteiger partial charge in [0.2, 0.25) is 11.8 Å². The molecule has 1 N–H and O–H groups in total. The number of nitrogens with one attached hydrogen (secondary N) is 1. The van der Waals surface area contributed by atoms with E-state index >= 15 is 0 Å². The molecular formula is C17H24N2O4. The van der Waals surface area contributed by atoms with Crippen LogP contribution in [-0.2, 0) is 14.3 Å². The molecule has 2 amide bonds. The predicted molar refractivity (Wildman–Crippen MR) is 86.1 cm³/mol. The Hall–Kier alpha value is -2.08. The summed E-state index contributed by atoms with van der Waals surface area (Å²) in [7, 11) is 4.96. The predicted octanol–water partition coefficient (Wildman–Crippen LogP) is 1.37. The van der Waals surface area contributed by atoms with E-state index in [1.807, 2.05) is 24.3 Å². The van der Waals surface area contributed by atoms with Crippen LogP contribution in [0, 0.1) is 5.92 Å². The summed E-state index contributed by atoms with van der Waals surface area (Å²) in [5.74, 6) is 0.511. The Bertz CT molecular complexity index is 544. The number of carbonyl (C=O) groups is 2. The lowest BCUT2D eigenvalue weighted by molar-refractivity contribution is -0.141. The standard InChI is InChI=1S/C17H24N2O4/c1-19-15(20)9-8-14(17(21)18-10-11-22-2)16(19)12-4-6-13(23-3)7-5-12/h4-7,14,16H,8-11H2,1-3H3,(H,18,21). The highest BCUT2D eigenvalue weighted by Gasteiger charge is 2.38. The number of piperidine rings is 1. The van der Waals surface area contributed by atoms with Crippen molar-refractivity contribution < 1.29 is 19.1 Å². The van der Waals surface area contributed by atoms with Gasteiger partial charge >= 0.3 is 0 Å². The molecule has 6 heteroatoms. The Morgan fingerprint density at radius 1 is 1.30 bits per heavy atom. The summed E-state index contributed by atoms with van der Waals surface area (Å²) in [6.45, 7) is 0.944. The third-order valence-corrected chi connectivity index (χ3v) is 4.26. The molecule has 0 bridgehead atoms. The first-order valence-corrected chi connectivity index (χ1v) is 7.74. The Kier molecular flexibility index (Phi) is 5.98. The second kappa shape index (κ2) is 7.97. The molecule has 23 heavy (non-hydrogen) atoms. The van der Waals surface area contributed by atoms with Crippen LogP contribution in [0.5, 0.6) is 5.75 Å². The highest BCUT2D eigenvalue weighted by atomic mass is 16.5. The van der Waals surface area contributed by atoms with Gasteiger partial charge in [-0.25, -0.2) is 0 Å². The second-order valence-electron chi connectivity index (χ2n) is 5.65. The van der Waals surface area contributed by atoms with Crippen LogP contribution in [0.15, 0.2) is 24.3 Å². The zero-order valence-corrected chi connectivity index (χ0v) is 13.9. The molecule has 0 spiro atoms. The number of carbonyl (C=O) groups excluding carboxylic acids is 2. The van der Waals surface area contributed by atoms with Gasteiger partial charge in [-0.15, -0.1) is 0 Å². The SMILES string of the molecule is COCCNC(=O)C1CCC(=O)N(C)C1c1ccc(OC)cc1. The molecule has 0 saturated carbocycles. The van der Waals surface area contributed by atoms with Gasteiger partial charge in [0.1, 0.15) is 5.75 Å². The third-order valence-electron chi connectivity index (χ3n) is 4.26. The molecule has 1 fully saturated rings. The van der Waals surface area contributed by atoms with E-state index in [9.17, 15) is 9.59 Å². The largest absolute Gasteiger partial charge is 0.497 e. The zero-order chi connectivity index (χ0) is 16.8. The average Bonchev–Trinajstić information content (AvgIpc) is 2.57. The van der Waals surface area contributed by atoms with Crippen molar-refractivity contribution in [1.29, 1.82) is 0 Å². The van der Waals surface area contributed by atoms with Crippen LogP contribution in [0.2, 0.25) is 0 Å². The van der Waals surface area contributed by atoms with E-state index in [-0.39, 0.29) is 23.8 Å². The smallest absolute Gasteiger partial charge is 0.225 e. The van der Waals surface area contributed by atoms with Crippen molar-refractivity contribution in [3.8, 4) is 5.75 Å². The summed E-state index contributed by atoms with van der Waals surface area (Å²) in [5.41, 5.74) is 0.938. The van der Waals surface area contributed by atoms with Gasteiger partial charge in [-0.05, 0) is 24.1 Å². The summed E-state index contributed by atoms with van der Waals surface area (Å²) >= 11 is 0. The highest BCUT2D eigenvalue weighted by Crippen LogP contribution is 2.36. The normalized spacial score (nSPS) is 21.2. The summed E-state index contributed by atoms with van der Waals surface area (Å²) < 4.78 is 10.1. The molecule has 0 radical (unpaired) electrons. The first-order chi connectivity index (χ1) is 11.1. The molecule has 1 aliphatic rings. The van der Waals surface area contributed by atoms with Gasteiger partial charge in [0, 0.05) is 27.1 Å². The molecule has 2 unspecified atom stereocenters. The van der Waals surface area contributed by atoms with Crippen molar-refractivity contribution in [3.63, 3.8) is 0 Å². The lowest BCUT2D eigenvalue weighted by atomic mass is 9.84. The minimum atomic E-state index is -0.261. The molecule has 126 valence electrons. The summed E-state index contributed by atoms with van der Waals surface area (Å²) in [5, 5.41) is 2.88. The molecule has 2 rings (SSSR count). The number of hydrogen-bond donors (Lipinski definition) is 1. The molecule has 6 nitrogen and oxygen atoms in total. The number of hydrogen-bond acceptors (Lipinski definition) is 4. The number of methoxy groups -OCH3 is 2. The van der Waals surface area contributed by atoms with Crippen LogP contribution in [0.1, 0.15) is 24.4 Å². The zero-order valence-electron chi connectivity index (χ0n) is 13.9. The van der Waals surface area contributed by atoms with Gasteiger partial charge in [0.25, 0.3) is 0 Å². The van der Waals surface area contributed by atoms with Gasteiger partial charge in [0.15, 0.2) is 0 Å². The van der Waals surface area contributed by atoms with Crippen molar-refractivity contribution in [2.75, 3.05) is 34.4 Å². The maximum atomic E-state index is 12.5. The number of likely N-dealkylation sites (tertiary alicyclic amines) is 1.